The molecule has 0 bridgehead atoms. The number of nitrogens with zero attached hydrogens (tertiary/aromatic N) is 3. The maximum Gasteiger partial charge on any atom is 0.283 e. The van der Waals surface area contributed by atoms with Gasteiger partial charge in [-0.2, -0.15) is 5.10 Å². The first-order chi connectivity index (χ1) is 9.99. The van der Waals surface area contributed by atoms with Gasteiger partial charge in [0.05, 0.1) is 17.9 Å². The third kappa shape index (κ3) is 3.91. The molecule has 1 unspecified atom stereocenters. The standard InChI is InChI=1S/C15H19BrN4O/c1-10(2)9-20-15(21)14(16)13(8-18-20)19-11(3)12-5-4-6-17-7-12/h4-8,10-11,19H,9H2,1-3H3. The molecule has 2 rings (SSSR count). The molecule has 1 atom stereocenters. The van der Waals surface area contributed by atoms with Crippen LogP contribution in [0, 0.1) is 5.92 Å². The van der Waals surface area contributed by atoms with Crippen LogP contribution in [0.25, 0.3) is 0 Å². The van der Waals surface area contributed by atoms with Crippen molar-refractivity contribution in [3.63, 3.8) is 0 Å². The first kappa shape index (κ1) is 15.7. The van der Waals surface area contributed by atoms with Gasteiger partial charge in [0.15, 0.2) is 0 Å². The summed E-state index contributed by atoms with van der Waals surface area (Å²) in [6.07, 6.45) is 5.22. The highest BCUT2D eigenvalue weighted by atomic mass is 79.9. The molecule has 2 aromatic heterocycles. The van der Waals surface area contributed by atoms with Crippen molar-refractivity contribution in [2.45, 2.75) is 33.4 Å². The second kappa shape index (κ2) is 6.85. The number of nitrogens with one attached hydrogen (secondary N) is 1. The number of pyridine rings is 1. The Morgan fingerprint density at radius 2 is 2.10 bits per heavy atom. The minimum atomic E-state index is -0.118. The van der Waals surface area contributed by atoms with E-state index in [4.69, 9.17) is 0 Å². The molecule has 0 saturated carbocycles. The Bertz CT molecular complexity index is 654. The maximum atomic E-state index is 12.2. The summed E-state index contributed by atoms with van der Waals surface area (Å²) in [4.78, 5) is 16.3. The van der Waals surface area contributed by atoms with E-state index >= 15 is 0 Å². The Kier molecular flexibility index (Phi) is 5.12. The van der Waals surface area contributed by atoms with Crippen LogP contribution in [0.15, 0.2) is 40.0 Å². The lowest BCUT2D eigenvalue weighted by Crippen LogP contribution is -2.26. The van der Waals surface area contributed by atoms with Gasteiger partial charge in [-0.3, -0.25) is 9.78 Å². The van der Waals surface area contributed by atoms with Crippen LogP contribution in [-0.2, 0) is 6.54 Å². The number of halogens is 1. The molecule has 0 spiro atoms. The summed E-state index contributed by atoms with van der Waals surface area (Å²) in [6.45, 7) is 6.73. The van der Waals surface area contributed by atoms with Gasteiger partial charge in [-0.1, -0.05) is 19.9 Å². The molecule has 2 heterocycles. The molecule has 0 aliphatic heterocycles. The predicted molar refractivity (Wildman–Crippen MR) is 87.3 cm³/mol. The Hall–Kier alpha value is -1.69. The molecule has 21 heavy (non-hydrogen) atoms. The van der Waals surface area contributed by atoms with Crippen molar-refractivity contribution in [3.8, 4) is 0 Å². The minimum Gasteiger partial charge on any atom is -0.376 e. The fourth-order valence-corrected chi connectivity index (χ4v) is 2.41. The summed E-state index contributed by atoms with van der Waals surface area (Å²) >= 11 is 3.37. The summed E-state index contributed by atoms with van der Waals surface area (Å²) in [5.74, 6) is 0.371. The van der Waals surface area contributed by atoms with Gasteiger partial charge >= 0.3 is 0 Å². The number of rotatable bonds is 5. The van der Waals surface area contributed by atoms with Gasteiger partial charge in [-0.05, 0) is 40.4 Å². The second-order valence-electron chi connectivity index (χ2n) is 5.41. The smallest absolute Gasteiger partial charge is 0.283 e. The van der Waals surface area contributed by atoms with Crippen LogP contribution in [-0.4, -0.2) is 14.8 Å². The summed E-state index contributed by atoms with van der Waals surface area (Å²) in [7, 11) is 0. The largest absolute Gasteiger partial charge is 0.376 e. The van der Waals surface area contributed by atoms with E-state index in [1.807, 2.05) is 19.1 Å². The second-order valence-corrected chi connectivity index (χ2v) is 6.20. The molecular formula is C15H19BrN4O. The number of anilines is 1. The summed E-state index contributed by atoms with van der Waals surface area (Å²) in [5.41, 5.74) is 1.62. The zero-order chi connectivity index (χ0) is 15.4. The number of hydrogen-bond donors (Lipinski definition) is 1. The Balaban J connectivity index is 2.22. The van der Waals surface area contributed by atoms with Crippen LogP contribution in [0.1, 0.15) is 32.4 Å². The van der Waals surface area contributed by atoms with Crippen LogP contribution in [0.2, 0.25) is 0 Å². The highest BCUT2D eigenvalue weighted by Crippen LogP contribution is 2.22. The van der Waals surface area contributed by atoms with Gasteiger partial charge < -0.3 is 5.32 Å². The van der Waals surface area contributed by atoms with Crippen molar-refractivity contribution in [3.05, 3.63) is 51.1 Å². The van der Waals surface area contributed by atoms with E-state index in [0.29, 0.717) is 22.6 Å². The maximum absolute atomic E-state index is 12.2. The van der Waals surface area contributed by atoms with Gasteiger partial charge in [-0.15, -0.1) is 0 Å². The molecule has 0 aliphatic carbocycles. The van der Waals surface area contributed by atoms with E-state index in [0.717, 1.165) is 5.56 Å². The molecule has 0 amide bonds. The average Bonchev–Trinajstić information content (AvgIpc) is 2.47. The quantitative estimate of drug-likeness (QED) is 0.899. The van der Waals surface area contributed by atoms with Crippen molar-refractivity contribution in [1.29, 1.82) is 0 Å². The van der Waals surface area contributed by atoms with E-state index in [9.17, 15) is 4.79 Å². The molecule has 6 heteroatoms. The van der Waals surface area contributed by atoms with E-state index in [1.165, 1.54) is 4.68 Å². The monoisotopic (exact) mass is 350 g/mol. The minimum absolute atomic E-state index is 0.0390. The lowest BCUT2D eigenvalue weighted by molar-refractivity contribution is 0.462. The lowest BCUT2D eigenvalue weighted by atomic mass is 10.1. The highest BCUT2D eigenvalue weighted by Gasteiger charge is 2.12. The van der Waals surface area contributed by atoms with E-state index < -0.39 is 0 Å². The topological polar surface area (TPSA) is 59.8 Å². The summed E-state index contributed by atoms with van der Waals surface area (Å²) < 4.78 is 1.99. The summed E-state index contributed by atoms with van der Waals surface area (Å²) in [6, 6.07) is 3.92. The molecular weight excluding hydrogens is 332 g/mol. The van der Waals surface area contributed by atoms with E-state index in [-0.39, 0.29) is 11.6 Å². The molecule has 2 aromatic rings. The molecule has 0 radical (unpaired) electrons. The molecule has 5 nitrogen and oxygen atoms in total. The SMILES string of the molecule is CC(C)Cn1ncc(NC(C)c2cccnc2)c(Br)c1=O. The lowest BCUT2D eigenvalue weighted by Gasteiger charge is -2.17. The van der Waals surface area contributed by atoms with Crippen molar-refractivity contribution >= 4 is 21.6 Å². The Morgan fingerprint density at radius 3 is 2.71 bits per heavy atom. The third-order valence-corrected chi connectivity index (χ3v) is 3.85. The molecule has 0 aromatic carbocycles. The number of aromatic nitrogens is 3. The van der Waals surface area contributed by atoms with Crippen LogP contribution in [0.4, 0.5) is 5.69 Å². The molecule has 1 N–H and O–H groups in total. The first-order valence-corrected chi connectivity index (χ1v) is 7.70. The van der Waals surface area contributed by atoms with Crippen molar-refractivity contribution in [2.75, 3.05) is 5.32 Å². The molecule has 0 fully saturated rings. The van der Waals surface area contributed by atoms with Crippen molar-refractivity contribution in [2.24, 2.45) is 5.92 Å². The fraction of sp³-hybridized carbons (Fsp3) is 0.400. The van der Waals surface area contributed by atoms with Crippen molar-refractivity contribution in [1.82, 2.24) is 14.8 Å². The highest BCUT2D eigenvalue weighted by molar-refractivity contribution is 9.10. The third-order valence-electron chi connectivity index (χ3n) is 3.08. The van der Waals surface area contributed by atoms with Gasteiger partial charge in [0.1, 0.15) is 4.47 Å². The van der Waals surface area contributed by atoms with Gasteiger partial charge in [-0.25, -0.2) is 4.68 Å². The average molecular weight is 351 g/mol. The van der Waals surface area contributed by atoms with Gasteiger partial charge in [0.25, 0.3) is 5.56 Å². The molecule has 0 saturated heterocycles. The van der Waals surface area contributed by atoms with Crippen molar-refractivity contribution < 1.29 is 0 Å². The Morgan fingerprint density at radius 1 is 1.33 bits per heavy atom. The normalized spacial score (nSPS) is 12.4. The number of hydrogen-bond acceptors (Lipinski definition) is 4. The van der Waals surface area contributed by atoms with Crippen LogP contribution >= 0.6 is 15.9 Å². The Labute approximate surface area is 132 Å². The molecule has 0 aliphatic rings. The van der Waals surface area contributed by atoms with E-state index in [2.05, 4.69) is 45.2 Å². The van der Waals surface area contributed by atoms with Crippen LogP contribution in [0.3, 0.4) is 0 Å². The first-order valence-electron chi connectivity index (χ1n) is 6.91. The fourth-order valence-electron chi connectivity index (χ4n) is 1.99. The van der Waals surface area contributed by atoms with Crippen LogP contribution in [0.5, 0.6) is 0 Å². The zero-order valence-corrected chi connectivity index (χ0v) is 14.0. The van der Waals surface area contributed by atoms with Crippen LogP contribution < -0.4 is 10.9 Å². The zero-order valence-electron chi connectivity index (χ0n) is 12.4. The van der Waals surface area contributed by atoms with Gasteiger partial charge in [0.2, 0.25) is 0 Å². The van der Waals surface area contributed by atoms with Gasteiger partial charge in [0, 0.05) is 18.9 Å². The summed E-state index contributed by atoms with van der Waals surface area (Å²) in [5, 5.41) is 7.51. The predicted octanol–water partition coefficient (Wildman–Crippen LogP) is 3.23. The molecule has 112 valence electrons. The van der Waals surface area contributed by atoms with E-state index in [1.54, 1.807) is 18.6 Å².